The number of piperidine rings is 1. The van der Waals surface area contributed by atoms with Gasteiger partial charge in [-0.15, -0.1) is 0 Å². The van der Waals surface area contributed by atoms with E-state index in [9.17, 15) is 14.3 Å². The maximum atomic E-state index is 14.5. The lowest BCUT2D eigenvalue weighted by molar-refractivity contribution is 0.191. The van der Waals surface area contributed by atoms with E-state index in [1.807, 2.05) is 25.1 Å². The van der Waals surface area contributed by atoms with Crippen molar-refractivity contribution in [1.82, 2.24) is 15.3 Å². The molecule has 4 rings (SSSR count). The molecule has 2 aromatic carbocycles. The number of benzene rings is 2. The van der Waals surface area contributed by atoms with E-state index in [1.54, 1.807) is 0 Å². The van der Waals surface area contributed by atoms with Gasteiger partial charge in [0.15, 0.2) is 5.82 Å². The highest BCUT2D eigenvalue weighted by molar-refractivity contribution is 5.92. The Bertz CT molecular complexity index is 1080. The predicted octanol–water partition coefficient (Wildman–Crippen LogP) is 3.93. The van der Waals surface area contributed by atoms with Gasteiger partial charge >= 0.3 is 6.09 Å². The molecule has 1 aromatic heterocycles. The summed E-state index contributed by atoms with van der Waals surface area (Å²) in [6.45, 7) is 3.71. The summed E-state index contributed by atoms with van der Waals surface area (Å²) < 4.78 is 14.5. The van der Waals surface area contributed by atoms with E-state index in [-0.39, 0.29) is 23.1 Å². The molecule has 0 aliphatic carbocycles. The fraction of sp³-hybridized carbons (Fsp3) is 0.318. The standard InChI is InChI=1S/C22H23FN4O3/c1-13-7-8-15-17(10-13)25-20(19-16(23)5-2-6-18(19)28)26-21(15)27-9-3-4-14(12-27)11-24-22(29)30/h2,5-8,10,14,24,28H,3-4,9,11-12H2,1H3,(H,29,30). The van der Waals surface area contributed by atoms with Crippen molar-refractivity contribution in [2.75, 3.05) is 24.5 Å². The number of hydrogen-bond donors (Lipinski definition) is 3. The van der Waals surface area contributed by atoms with Gasteiger partial charge in [0.05, 0.1) is 11.1 Å². The monoisotopic (exact) mass is 410 g/mol. The molecule has 0 radical (unpaired) electrons. The number of aryl methyl sites for hydroxylation is 1. The number of rotatable bonds is 4. The van der Waals surface area contributed by atoms with Crippen LogP contribution in [0.3, 0.4) is 0 Å². The van der Waals surface area contributed by atoms with Crippen LogP contribution >= 0.6 is 0 Å². The molecule has 1 atom stereocenters. The summed E-state index contributed by atoms with van der Waals surface area (Å²) in [5.41, 5.74) is 1.66. The molecule has 1 aliphatic rings. The highest BCUT2D eigenvalue weighted by Gasteiger charge is 2.25. The molecule has 3 N–H and O–H groups in total. The van der Waals surface area contributed by atoms with Crippen molar-refractivity contribution < 1.29 is 19.4 Å². The zero-order valence-corrected chi connectivity index (χ0v) is 16.6. The van der Waals surface area contributed by atoms with Crippen molar-refractivity contribution in [2.24, 2.45) is 5.92 Å². The fourth-order valence-electron chi connectivity index (χ4n) is 3.97. The zero-order valence-electron chi connectivity index (χ0n) is 16.6. The molecule has 156 valence electrons. The van der Waals surface area contributed by atoms with Crippen molar-refractivity contribution in [1.29, 1.82) is 0 Å². The number of phenolic OH excluding ortho intramolecular Hbond substituents is 1. The number of phenols is 1. The second-order valence-electron chi connectivity index (χ2n) is 7.67. The molecule has 0 bridgehead atoms. The number of hydrogen-bond acceptors (Lipinski definition) is 5. The number of nitrogens with zero attached hydrogens (tertiary/aromatic N) is 3. The molecule has 0 saturated carbocycles. The van der Waals surface area contributed by atoms with E-state index in [0.29, 0.717) is 24.4 Å². The molecule has 8 heteroatoms. The van der Waals surface area contributed by atoms with Crippen LogP contribution in [0.1, 0.15) is 18.4 Å². The van der Waals surface area contributed by atoms with E-state index >= 15 is 0 Å². The van der Waals surface area contributed by atoms with Gasteiger partial charge in [0.1, 0.15) is 17.4 Å². The van der Waals surface area contributed by atoms with Crippen molar-refractivity contribution >= 4 is 22.8 Å². The molecule has 1 unspecified atom stereocenters. The third-order valence-corrected chi connectivity index (χ3v) is 5.41. The topological polar surface area (TPSA) is 98.6 Å². The Morgan fingerprint density at radius 1 is 1.30 bits per heavy atom. The summed E-state index contributed by atoms with van der Waals surface area (Å²) in [7, 11) is 0. The molecular weight excluding hydrogens is 387 g/mol. The minimum atomic E-state index is -1.03. The number of aromatic nitrogens is 2. The minimum absolute atomic E-state index is 0.0248. The Hall–Kier alpha value is -3.42. The summed E-state index contributed by atoms with van der Waals surface area (Å²) in [4.78, 5) is 22.1. The van der Waals surface area contributed by atoms with Gasteiger partial charge in [-0.1, -0.05) is 12.1 Å². The van der Waals surface area contributed by atoms with Crippen LogP contribution in [-0.2, 0) is 0 Å². The SMILES string of the molecule is Cc1ccc2c(N3CCCC(CNC(=O)O)C3)nc(-c3c(O)cccc3F)nc2c1. The second-order valence-corrected chi connectivity index (χ2v) is 7.67. The van der Waals surface area contributed by atoms with Crippen LogP contribution in [0.5, 0.6) is 5.75 Å². The summed E-state index contributed by atoms with van der Waals surface area (Å²) >= 11 is 0. The van der Waals surface area contributed by atoms with Crippen molar-refractivity contribution in [3.8, 4) is 17.1 Å². The molecule has 1 saturated heterocycles. The third kappa shape index (κ3) is 3.98. The summed E-state index contributed by atoms with van der Waals surface area (Å²) in [6, 6.07) is 9.95. The first-order chi connectivity index (χ1) is 14.4. The van der Waals surface area contributed by atoms with Crippen LogP contribution in [-0.4, -0.2) is 45.9 Å². The summed E-state index contributed by atoms with van der Waals surface area (Å²) in [5, 5.41) is 22.4. The van der Waals surface area contributed by atoms with E-state index in [1.165, 1.54) is 18.2 Å². The number of halogens is 1. The van der Waals surface area contributed by atoms with Gasteiger partial charge in [-0.05, 0) is 55.5 Å². The Labute approximate surface area is 173 Å². The molecular formula is C22H23FN4O3. The number of carboxylic acid groups (broad SMARTS) is 1. The highest BCUT2D eigenvalue weighted by Crippen LogP contribution is 2.34. The smallest absolute Gasteiger partial charge is 0.404 e. The molecule has 3 aromatic rings. The number of anilines is 1. The lowest BCUT2D eigenvalue weighted by Gasteiger charge is -2.34. The van der Waals surface area contributed by atoms with Gasteiger partial charge in [-0.2, -0.15) is 0 Å². The quantitative estimate of drug-likeness (QED) is 0.603. The summed E-state index contributed by atoms with van der Waals surface area (Å²) in [6.07, 6.45) is 0.774. The predicted molar refractivity (Wildman–Crippen MR) is 112 cm³/mol. The lowest BCUT2D eigenvalue weighted by atomic mass is 9.97. The highest BCUT2D eigenvalue weighted by atomic mass is 19.1. The third-order valence-electron chi connectivity index (χ3n) is 5.41. The number of fused-ring (bicyclic) bond motifs is 1. The van der Waals surface area contributed by atoms with Gasteiger partial charge in [0, 0.05) is 25.0 Å². The molecule has 2 heterocycles. The maximum Gasteiger partial charge on any atom is 0.404 e. The fourth-order valence-corrected chi connectivity index (χ4v) is 3.97. The average Bonchev–Trinajstić information content (AvgIpc) is 2.71. The van der Waals surface area contributed by atoms with Crippen LogP contribution in [0.15, 0.2) is 36.4 Å². The van der Waals surface area contributed by atoms with Crippen molar-refractivity contribution in [3.63, 3.8) is 0 Å². The Kier molecular flexibility index (Phi) is 5.39. The van der Waals surface area contributed by atoms with Gasteiger partial charge in [0.25, 0.3) is 0 Å². The largest absolute Gasteiger partial charge is 0.507 e. The minimum Gasteiger partial charge on any atom is -0.507 e. The van der Waals surface area contributed by atoms with Crippen LogP contribution in [0.25, 0.3) is 22.3 Å². The zero-order chi connectivity index (χ0) is 21.3. The number of carbonyl (C=O) groups is 1. The first-order valence-corrected chi connectivity index (χ1v) is 9.90. The van der Waals surface area contributed by atoms with Crippen LogP contribution < -0.4 is 10.2 Å². The number of nitrogens with one attached hydrogen (secondary N) is 1. The number of aromatic hydroxyl groups is 1. The second kappa shape index (κ2) is 8.14. The Morgan fingerprint density at radius 3 is 2.90 bits per heavy atom. The van der Waals surface area contributed by atoms with E-state index < -0.39 is 11.9 Å². The van der Waals surface area contributed by atoms with E-state index in [4.69, 9.17) is 5.11 Å². The van der Waals surface area contributed by atoms with Crippen molar-refractivity contribution in [2.45, 2.75) is 19.8 Å². The number of amides is 1. The van der Waals surface area contributed by atoms with E-state index in [0.717, 1.165) is 30.3 Å². The lowest BCUT2D eigenvalue weighted by Crippen LogP contribution is -2.41. The molecule has 7 nitrogen and oxygen atoms in total. The van der Waals surface area contributed by atoms with Gasteiger partial charge in [0.2, 0.25) is 0 Å². The molecule has 30 heavy (non-hydrogen) atoms. The Morgan fingerprint density at radius 2 is 2.13 bits per heavy atom. The average molecular weight is 410 g/mol. The first-order valence-electron chi connectivity index (χ1n) is 9.90. The maximum absolute atomic E-state index is 14.5. The van der Waals surface area contributed by atoms with Crippen molar-refractivity contribution in [3.05, 3.63) is 47.8 Å². The van der Waals surface area contributed by atoms with Gasteiger partial charge in [-0.25, -0.2) is 19.2 Å². The normalized spacial score (nSPS) is 16.6. The van der Waals surface area contributed by atoms with Crippen LogP contribution in [0.2, 0.25) is 0 Å². The van der Waals surface area contributed by atoms with Gasteiger partial charge in [-0.3, -0.25) is 0 Å². The van der Waals surface area contributed by atoms with Crippen LogP contribution in [0.4, 0.5) is 15.0 Å². The van der Waals surface area contributed by atoms with Crippen LogP contribution in [0, 0.1) is 18.7 Å². The first kappa shape index (κ1) is 19.9. The molecule has 1 fully saturated rings. The van der Waals surface area contributed by atoms with E-state index in [2.05, 4.69) is 20.2 Å². The summed E-state index contributed by atoms with van der Waals surface area (Å²) in [5.74, 6) is 0.142. The molecule has 1 amide bonds. The molecule has 0 spiro atoms. The van der Waals surface area contributed by atoms with Gasteiger partial charge < -0.3 is 20.4 Å². The molecule has 1 aliphatic heterocycles. The Balaban J connectivity index is 1.79.